The van der Waals surface area contributed by atoms with Crippen LogP contribution in [0.5, 0.6) is 11.5 Å². The molecule has 5 nitrogen and oxygen atoms in total. The number of alkyl halides is 2. The van der Waals surface area contributed by atoms with Crippen molar-refractivity contribution in [1.82, 2.24) is 9.47 Å². The zero-order valence-electron chi connectivity index (χ0n) is 12.9. The lowest BCUT2D eigenvalue weighted by molar-refractivity contribution is -0.286. The van der Waals surface area contributed by atoms with E-state index in [1.54, 1.807) is 31.3 Å². The molecular formula is C15H18F2N2O3. The van der Waals surface area contributed by atoms with Gasteiger partial charge in [0.05, 0.1) is 12.1 Å². The summed E-state index contributed by atoms with van der Waals surface area (Å²) in [6, 6.07) is 4.49. The van der Waals surface area contributed by atoms with Crippen molar-refractivity contribution < 1.29 is 23.0 Å². The molecule has 0 saturated heterocycles. The summed E-state index contributed by atoms with van der Waals surface area (Å²) in [7, 11) is 3.55. The zero-order valence-corrected chi connectivity index (χ0v) is 12.9. The Kier molecular flexibility index (Phi) is 4.37. The molecule has 0 saturated carbocycles. The van der Waals surface area contributed by atoms with Gasteiger partial charge >= 0.3 is 6.29 Å². The summed E-state index contributed by atoms with van der Waals surface area (Å²) in [6.45, 7) is 4.22. The maximum absolute atomic E-state index is 13.0. The average molecular weight is 312 g/mol. The Labute approximate surface area is 127 Å². The standard InChI is InChI=1S/C13H12F2N2O3.C2H6/c1-16(2)7-12(18)17-4-3-8-5-10-11(6-9(8)17)20-13(14,15)19-10;1-2/h3-6H,7H2,1-2H3;1-2H3. The first-order valence-electron chi connectivity index (χ1n) is 6.94. The van der Waals surface area contributed by atoms with E-state index in [1.165, 1.54) is 16.7 Å². The first-order chi connectivity index (χ1) is 10.4. The highest BCUT2D eigenvalue weighted by Gasteiger charge is 2.43. The third kappa shape index (κ3) is 3.04. The number of likely N-dealkylation sites (N-methyl/N-ethyl adjacent to an activating group) is 1. The SMILES string of the molecule is CC.CN(C)CC(=O)n1ccc2cc3c(cc21)OC(F)(F)O3. The van der Waals surface area contributed by atoms with Crippen molar-refractivity contribution in [2.45, 2.75) is 20.1 Å². The largest absolute Gasteiger partial charge is 0.586 e. The third-order valence-electron chi connectivity index (χ3n) is 2.93. The van der Waals surface area contributed by atoms with Gasteiger partial charge in [-0.1, -0.05) is 13.8 Å². The van der Waals surface area contributed by atoms with Crippen LogP contribution in [0.4, 0.5) is 8.78 Å². The predicted octanol–water partition coefficient (Wildman–Crippen LogP) is 3.19. The summed E-state index contributed by atoms with van der Waals surface area (Å²) in [6.07, 6.45) is -2.05. The Morgan fingerprint density at radius 1 is 1.23 bits per heavy atom. The van der Waals surface area contributed by atoms with Crippen LogP contribution in [0.1, 0.15) is 18.6 Å². The molecule has 1 aromatic heterocycles. The van der Waals surface area contributed by atoms with Gasteiger partial charge in [0.1, 0.15) is 0 Å². The Morgan fingerprint density at radius 3 is 2.41 bits per heavy atom. The fourth-order valence-electron chi connectivity index (χ4n) is 2.14. The van der Waals surface area contributed by atoms with E-state index >= 15 is 0 Å². The molecule has 0 aliphatic carbocycles. The quantitative estimate of drug-likeness (QED) is 0.854. The number of benzene rings is 1. The Hall–Kier alpha value is -2.15. The molecule has 3 rings (SSSR count). The van der Waals surface area contributed by atoms with Gasteiger partial charge in [0.2, 0.25) is 5.91 Å². The van der Waals surface area contributed by atoms with Crippen molar-refractivity contribution in [3.8, 4) is 11.5 Å². The van der Waals surface area contributed by atoms with E-state index in [9.17, 15) is 13.6 Å². The van der Waals surface area contributed by atoms with Gasteiger partial charge in [-0.15, -0.1) is 8.78 Å². The second kappa shape index (κ2) is 5.92. The second-order valence-electron chi connectivity index (χ2n) is 4.84. The highest BCUT2D eigenvalue weighted by molar-refractivity contribution is 5.95. The molecule has 0 radical (unpaired) electrons. The van der Waals surface area contributed by atoms with Gasteiger partial charge in [0.25, 0.3) is 0 Å². The molecule has 120 valence electrons. The molecule has 1 aromatic carbocycles. The predicted molar refractivity (Wildman–Crippen MR) is 78.7 cm³/mol. The smallest absolute Gasteiger partial charge is 0.395 e. The van der Waals surface area contributed by atoms with E-state index in [1.807, 2.05) is 13.8 Å². The molecule has 2 heterocycles. The number of hydrogen-bond acceptors (Lipinski definition) is 4. The summed E-state index contributed by atoms with van der Waals surface area (Å²) < 4.78 is 36.2. The minimum Gasteiger partial charge on any atom is -0.395 e. The van der Waals surface area contributed by atoms with Crippen molar-refractivity contribution >= 4 is 16.8 Å². The maximum Gasteiger partial charge on any atom is 0.586 e. The van der Waals surface area contributed by atoms with Crippen LogP contribution in [0.3, 0.4) is 0 Å². The third-order valence-corrected chi connectivity index (χ3v) is 2.93. The molecule has 0 bridgehead atoms. The number of carbonyl (C=O) groups is 1. The molecule has 22 heavy (non-hydrogen) atoms. The Morgan fingerprint density at radius 2 is 1.82 bits per heavy atom. The van der Waals surface area contributed by atoms with Crippen molar-refractivity contribution in [1.29, 1.82) is 0 Å². The monoisotopic (exact) mass is 312 g/mol. The van der Waals surface area contributed by atoms with Crippen LogP contribution in [-0.2, 0) is 0 Å². The van der Waals surface area contributed by atoms with Gasteiger partial charge in [-0.2, -0.15) is 0 Å². The fraction of sp³-hybridized carbons (Fsp3) is 0.400. The number of fused-ring (bicyclic) bond motifs is 2. The van der Waals surface area contributed by atoms with E-state index in [2.05, 4.69) is 9.47 Å². The van der Waals surface area contributed by atoms with Crippen molar-refractivity contribution in [2.24, 2.45) is 0 Å². The van der Waals surface area contributed by atoms with Gasteiger partial charge in [-0.3, -0.25) is 9.36 Å². The van der Waals surface area contributed by atoms with Crippen LogP contribution in [0.2, 0.25) is 0 Å². The molecule has 1 aliphatic heterocycles. The van der Waals surface area contributed by atoms with E-state index in [-0.39, 0.29) is 24.0 Å². The number of halogens is 2. The molecule has 0 amide bonds. The van der Waals surface area contributed by atoms with Crippen LogP contribution in [-0.4, -0.2) is 42.3 Å². The Balaban J connectivity index is 0.000000847. The minimum absolute atomic E-state index is 0.0275. The van der Waals surface area contributed by atoms with Gasteiger partial charge < -0.3 is 14.4 Å². The fourth-order valence-corrected chi connectivity index (χ4v) is 2.14. The molecule has 0 spiro atoms. The van der Waals surface area contributed by atoms with Crippen LogP contribution in [0.25, 0.3) is 10.9 Å². The lowest BCUT2D eigenvalue weighted by Crippen LogP contribution is -2.26. The summed E-state index contributed by atoms with van der Waals surface area (Å²) >= 11 is 0. The second-order valence-corrected chi connectivity index (χ2v) is 4.84. The maximum atomic E-state index is 13.0. The number of nitrogens with zero attached hydrogens (tertiary/aromatic N) is 2. The van der Waals surface area contributed by atoms with Crippen LogP contribution in [0, 0.1) is 0 Å². The molecule has 0 atom stereocenters. The highest BCUT2D eigenvalue weighted by Crippen LogP contribution is 2.43. The van der Waals surface area contributed by atoms with Gasteiger partial charge in [0.15, 0.2) is 11.5 Å². The lowest BCUT2D eigenvalue weighted by Gasteiger charge is -2.10. The van der Waals surface area contributed by atoms with Crippen LogP contribution < -0.4 is 9.47 Å². The van der Waals surface area contributed by atoms with Crippen molar-refractivity contribution in [3.63, 3.8) is 0 Å². The van der Waals surface area contributed by atoms with E-state index in [0.29, 0.717) is 10.9 Å². The average Bonchev–Trinajstić information content (AvgIpc) is 2.95. The summed E-state index contributed by atoms with van der Waals surface area (Å²) in [4.78, 5) is 13.8. The normalized spacial score (nSPS) is 14.9. The van der Waals surface area contributed by atoms with E-state index < -0.39 is 6.29 Å². The van der Waals surface area contributed by atoms with Crippen molar-refractivity contribution in [3.05, 3.63) is 24.4 Å². The summed E-state index contributed by atoms with van der Waals surface area (Å²) in [5.74, 6) is -0.254. The molecule has 7 heteroatoms. The lowest BCUT2D eigenvalue weighted by atomic mass is 10.2. The molecular weight excluding hydrogens is 294 g/mol. The van der Waals surface area contributed by atoms with E-state index in [4.69, 9.17) is 0 Å². The molecule has 0 unspecified atom stereocenters. The van der Waals surface area contributed by atoms with Gasteiger partial charge in [-0.25, -0.2) is 0 Å². The van der Waals surface area contributed by atoms with Crippen LogP contribution >= 0.6 is 0 Å². The number of ether oxygens (including phenoxy) is 2. The minimum atomic E-state index is -3.65. The molecule has 0 fully saturated rings. The van der Waals surface area contributed by atoms with Gasteiger partial charge in [-0.05, 0) is 26.2 Å². The van der Waals surface area contributed by atoms with E-state index in [0.717, 1.165) is 0 Å². The number of aromatic nitrogens is 1. The molecule has 0 N–H and O–H groups in total. The number of hydrogen-bond donors (Lipinski definition) is 0. The highest BCUT2D eigenvalue weighted by atomic mass is 19.3. The first-order valence-corrected chi connectivity index (χ1v) is 6.94. The number of rotatable bonds is 2. The topological polar surface area (TPSA) is 43.7 Å². The summed E-state index contributed by atoms with van der Waals surface area (Å²) in [5.41, 5.74) is 0.511. The number of carbonyl (C=O) groups excluding carboxylic acids is 1. The summed E-state index contributed by atoms with van der Waals surface area (Å²) in [5, 5.41) is 0.636. The van der Waals surface area contributed by atoms with Gasteiger partial charge in [0, 0.05) is 17.6 Å². The zero-order chi connectivity index (χ0) is 16.5. The van der Waals surface area contributed by atoms with Crippen molar-refractivity contribution in [2.75, 3.05) is 20.6 Å². The first kappa shape index (κ1) is 16.2. The van der Waals surface area contributed by atoms with Crippen LogP contribution in [0.15, 0.2) is 24.4 Å². The molecule has 1 aliphatic rings. The molecule has 2 aromatic rings. The Bertz CT molecular complexity index is 695.